The molecule has 0 unspecified atom stereocenters. The minimum Gasteiger partial charge on any atom is -0.339 e. The van der Waals surface area contributed by atoms with Crippen molar-refractivity contribution in [2.24, 2.45) is 23.5 Å². The second-order valence-electron chi connectivity index (χ2n) is 8.48. The van der Waals surface area contributed by atoms with E-state index in [1.54, 1.807) is 0 Å². The maximum absolute atomic E-state index is 6.50. The first-order valence-electron chi connectivity index (χ1n) is 8.79. The van der Waals surface area contributed by atoms with Gasteiger partial charge in [-0.25, -0.2) is 0 Å². The van der Waals surface area contributed by atoms with Gasteiger partial charge in [0.15, 0.2) is 5.82 Å². The van der Waals surface area contributed by atoms with E-state index >= 15 is 0 Å². The predicted molar refractivity (Wildman–Crippen MR) is 85.7 cm³/mol. The Labute approximate surface area is 138 Å². The third kappa shape index (κ3) is 2.06. The normalized spacial score (nSPS) is 41.6. The summed E-state index contributed by atoms with van der Waals surface area (Å²) in [7, 11) is 0. The summed E-state index contributed by atoms with van der Waals surface area (Å²) in [6.45, 7) is 0. The van der Waals surface area contributed by atoms with E-state index in [9.17, 15) is 0 Å². The van der Waals surface area contributed by atoms with Crippen molar-refractivity contribution in [3.05, 3.63) is 11.7 Å². The summed E-state index contributed by atoms with van der Waals surface area (Å²) in [6.07, 6.45) is 12.6. The third-order valence-corrected chi connectivity index (χ3v) is 6.86. The van der Waals surface area contributed by atoms with Gasteiger partial charge in [0.1, 0.15) is 0 Å². The second-order valence-corrected chi connectivity index (χ2v) is 8.48. The summed E-state index contributed by atoms with van der Waals surface area (Å²) in [5.41, 5.74) is 6.39. The smallest absolute Gasteiger partial charge is 0.232 e. The minimum absolute atomic E-state index is 0. The Bertz CT molecular complexity index is 529. The number of hydrogen-bond donors (Lipinski definition) is 1. The first-order chi connectivity index (χ1) is 10.2. The molecule has 0 aliphatic heterocycles. The van der Waals surface area contributed by atoms with Crippen molar-refractivity contribution >= 4 is 12.4 Å². The molecule has 4 bridgehead atoms. The van der Waals surface area contributed by atoms with E-state index < -0.39 is 0 Å². The van der Waals surface area contributed by atoms with E-state index in [1.807, 2.05) is 0 Å². The summed E-state index contributed by atoms with van der Waals surface area (Å²) < 4.78 is 5.79. The summed E-state index contributed by atoms with van der Waals surface area (Å²) >= 11 is 0. The van der Waals surface area contributed by atoms with Crippen LogP contribution < -0.4 is 5.73 Å². The van der Waals surface area contributed by atoms with Crippen LogP contribution in [0.4, 0.5) is 0 Å². The van der Waals surface area contributed by atoms with Crippen LogP contribution in [0.2, 0.25) is 0 Å². The molecule has 1 heterocycles. The molecule has 5 heteroatoms. The van der Waals surface area contributed by atoms with Crippen molar-refractivity contribution in [3.8, 4) is 0 Å². The maximum atomic E-state index is 6.50. The first-order valence-corrected chi connectivity index (χ1v) is 8.79. The molecule has 122 valence electrons. The molecule has 0 atom stereocenters. The largest absolute Gasteiger partial charge is 0.339 e. The third-order valence-electron chi connectivity index (χ3n) is 6.86. The molecule has 6 rings (SSSR count). The van der Waals surface area contributed by atoms with Gasteiger partial charge in [-0.05, 0) is 69.1 Å². The number of nitrogens with two attached hydrogens (primary N) is 1. The Morgan fingerprint density at radius 1 is 0.955 bits per heavy atom. The summed E-state index contributed by atoms with van der Waals surface area (Å²) in [5.74, 6) is 4.43. The molecule has 5 saturated carbocycles. The van der Waals surface area contributed by atoms with E-state index in [0.717, 1.165) is 42.3 Å². The summed E-state index contributed by atoms with van der Waals surface area (Å²) in [5, 5.41) is 4.32. The Hall–Kier alpha value is -0.610. The average Bonchev–Trinajstić information content (AvgIpc) is 3.06. The van der Waals surface area contributed by atoms with Crippen LogP contribution in [0.15, 0.2) is 4.52 Å². The monoisotopic (exact) mass is 323 g/mol. The lowest BCUT2D eigenvalue weighted by Gasteiger charge is -2.55. The summed E-state index contributed by atoms with van der Waals surface area (Å²) in [6, 6.07) is 0. The fourth-order valence-corrected chi connectivity index (χ4v) is 6.24. The molecular formula is C17H26ClN3O. The lowest BCUT2D eigenvalue weighted by molar-refractivity contribution is -0.0201. The highest BCUT2D eigenvalue weighted by Crippen LogP contribution is 2.60. The van der Waals surface area contributed by atoms with Gasteiger partial charge in [0.2, 0.25) is 5.89 Å². The molecule has 0 amide bonds. The maximum Gasteiger partial charge on any atom is 0.232 e. The lowest BCUT2D eigenvalue weighted by atomic mass is 9.49. The van der Waals surface area contributed by atoms with Crippen molar-refractivity contribution in [1.82, 2.24) is 10.1 Å². The molecular weight excluding hydrogens is 298 g/mol. The van der Waals surface area contributed by atoms with Crippen molar-refractivity contribution < 1.29 is 4.52 Å². The van der Waals surface area contributed by atoms with E-state index in [-0.39, 0.29) is 23.4 Å². The molecule has 1 aromatic heterocycles. The van der Waals surface area contributed by atoms with Gasteiger partial charge in [-0.3, -0.25) is 0 Å². The van der Waals surface area contributed by atoms with Crippen molar-refractivity contribution in [3.63, 3.8) is 0 Å². The fourth-order valence-electron chi connectivity index (χ4n) is 6.24. The van der Waals surface area contributed by atoms with Crippen LogP contribution in [-0.4, -0.2) is 10.1 Å². The fraction of sp³-hybridized carbons (Fsp3) is 0.882. The van der Waals surface area contributed by atoms with E-state index in [1.165, 1.54) is 51.4 Å². The van der Waals surface area contributed by atoms with Gasteiger partial charge < -0.3 is 10.3 Å². The quantitative estimate of drug-likeness (QED) is 0.901. The standard InChI is InChI=1S/C17H25N3O.ClH/c18-17(3-1-2-4-17)14-19-15(21-20-14)16-8-11-5-12(9-16)7-13(6-11)10-16;/h11-13H,1-10,18H2;1H. The second kappa shape index (κ2) is 4.94. The van der Waals surface area contributed by atoms with Crippen LogP contribution in [0.25, 0.3) is 0 Å². The van der Waals surface area contributed by atoms with E-state index in [0.29, 0.717) is 0 Å². The topological polar surface area (TPSA) is 64.9 Å². The number of nitrogens with zero attached hydrogens (tertiary/aromatic N) is 2. The number of aromatic nitrogens is 2. The number of rotatable bonds is 2. The first kappa shape index (κ1) is 14.9. The van der Waals surface area contributed by atoms with Crippen LogP contribution in [0.3, 0.4) is 0 Å². The van der Waals surface area contributed by atoms with Gasteiger partial charge in [0, 0.05) is 0 Å². The molecule has 5 fully saturated rings. The number of halogens is 1. The lowest BCUT2D eigenvalue weighted by Crippen LogP contribution is -2.48. The molecule has 2 N–H and O–H groups in total. The van der Waals surface area contributed by atoms with Crippen molar-refractivity contribution in [1.29, 1.82) is 0 Å². The van der Waals surface area contributed by atoms with Crippen LogP contribution in [-0.2, 0) is 11.0 Å². The van der Waals surface area contributed by atoms with Crippen LogP contribution in [0.1, 0.15) is 75.9 Å². The van der Waals surface area contributed by atoms with Crippen LogP contribution >= 0.6 is 12.4 Å². The minimum atomic E-state index is -0.315. The zero-order valence-corrected chi connectivity index (χ0v) is 13.9. The molecule has 5 aliphatic rings. The van der Waals surface area contributed by atoms with Gasteiger partial charge in [-0.15, -0.1) is 12.4 Å². The molecule has 0 aromatic carbocycles. The van der Waals surface area contributed by atoms with E-state index in [2.05, 4.69) is 5.16 Å². The predicted octanol–water partition coefficient (Wildman–Crippen LogP) is 3.69. The van der Waals surface area contributed by atoms with Gasteiger partial charge in [0.05, 0.1) is 11.0 Å². The average molecular weight is 324 g/mol. The Kier molecular flexibility index (Phi) is 3.36. The number of hydrogen-bond acceptors (Lipinski definition) is 4. The molecule has 4 nitrogen and oxygen atoms in total. The molecule has 22 heavy (non-hydrogen) atoms. The van der Waals surface area contributed by atoms with Crippen molar-refractivity contribution in [2.45, 2.75) is 75.2 Å². The molecule has 0 saturated heterocycles. The highest BCUT2D eigenvalue weighted by atomic mass is 35.5. The molecule has 1 aromatic rings. The zero-order valence-electron chi connectivity index (χ0n) is 13.1. The Balaban J connectivity index is 0.00000125. The molecule has 0 radical (unpaired) electrons. The van der Waals surface area contributed by atoms with Gasteiger partial charge in [-0.2, -0.15) is 4.98 Å². The molecule has 5 aliphatic carbocycles. The van der Waals surface area contributed by atoms with Gasteiger partial charge in [-0.1, -0.05) is 18.0 Å². The van der Waals surface area contributed by atoms with Gasteiger partial charge >= 0.3 is 0 Å². The Morgan fingerprint density at radius 3 is 2.05 bits per heavy atom. The summed E-state index contributed by atoms with van der Waals surface area (Å²) in [4.78, 5) is 4.85. The van der Waals surface area contributed by atoms with Crippen molar-refractivity contribution in [2.75, 3.05) is 0 Å². The highest BCUT2D eigenvalue weighted by molar-refractivity contribution is 5.85. The van der Waals surface area contributed by atoms with Gasteiger partial charge in [0.25, 0.3) is 0 Å². The van der Waals surface area contributed by atoms with Crippen LogP contribution in [0, 0.1) is 17.8 Å². The molecule has 0 spiro atoms. The highest BCUT2D eigenvalue weighted by Gasteiger charge is 2.54. The zero-order chi connectivity index (χ0) is 14.1. The van der Waals surface area contributed by atoms with Crippen LogP contribution in [0.5, 0.6) is 0 Å². The van der Waals surface area contributed by atoms with E-state index in [4.69, 9.17) is 15.2 Å². The SMILES string of the molecule is Cl.NC1(c2noc(C34CC5CC(CC(C5)C3)C4)n2)CCCC1. The Morgan fingerprint density at radius 2 is 1.50 bits per heavy atom.